The van der Waals surface area contributed by atoms with Crippen LogP contribution >= 0.6 is 11.6 Å². The summed E-state index contributed by atoms with van der Waals surface area (Å²) in [5.41, 5.74) is 3.17. The van der Waals surface area contributed by atoms with Crippen molar-refractivity contribution in [1.82, 2.24) is 19.7 Å². The van der Waals surface area contributed by atoms with E-state index in [0.717, 1.165) is 28.1 Å². The van der Waals surface area contributed by atoms with Gasteiger partial charge < -0.3 is 0 Å². The molecule has 1 fully saturated rings. The van der Waals surface area contributed by atoms with Crippen LogP contribution in [-0.4, -0.2) is 44.4 Å². The Labute approximate surface area is 242 Å². The molecule has 1 aromatic heterocycles. The van der Waals surface area contributed by atoms with E-state index in [4.69, 9.17) is 16.7 Å². The lowest BCUT2D eigenvalue weighted by atomic mass is 9.71. The van der Waals surface area contributed by atoms with Gasteiger partial charge in [0.05, 0.1) is 29.4 Å². The number of hydrogen-bond donors (Lipinski definition) is 1. The normalized spacial score (nSPS) is 17.7. The molecule has 1 N–H and O–H groups in total. The molecule has 2 aliphatic rings. The van der Waals surface area contributed by atoms with Gasteiger partial charge in [-0.15, -0.1) is 0 Å². The summed E-state index contributed by atoms with van der Waals surface area (Å²) in [7, 11) is 0. The van der Waals surface area contributed by atoms with Crippen LogP contribution < -0.4 is 5.56 Å². The van der Waals surface area contributed by atoms with Gasteiger partial charge in [0.25, 0.3) is 11.5 Å². The molecule has 9 heteroatoms. The molecule has 0 bridgehead atoms. The largest absolute Gasteiger partial charge is 0.291 e. The molecule has 210 valence electrons. The van der Waals surface area contributed by atoms with Gasteiger partial charge in [0.1, 0.15) is 10.8 Å². The van der Waals surface area contributed by atoms with Crippen molar-refractivity contribution in [1.29, 1.82) is 0 Å². The molecule has 41 heavy (non-hydrogen) atoms. The van der Waals surface area contributed by atoms with Crippen molar-refractivity contribution < 1.29 is 9.18 Å². The molecule has 0 radical (unpaired) electrons. The van der Waals surface area contributed by atoms with E-state index >= 15 is 0 Å². The molecule has 1 amide bonds. The first-order valence-electron chi connectivity index (χ1n) is 13.9. The molecular formula is C32H31ClFN5O2. The lowest BCUT2D eigenvalue weighted by molar-refractivity contribution is -0.138. The number of benzene rings is 3. The second kappa shape index (κ2) is 11.1. The van der Waals surface area contributed by atoms with Crippen LogP contribution in [0.1, 0.15) is 48.2 Å². The Morgan fingerprint density at radius 1 is 0.951 bits per heavy atom. The lowest BCUT2D eigenvalue weighted by Crippen LogP contribution is -2.50. The second-order valence-electron chi connectivity index (χ2n) is 10.6. The number of rotatable bonds is 7. The average molecular weight is 572 g/mol. The van der Waals surface area contributed by atoms with Crippen LogP contribution in [0.4, 0.5) is 4.39 Å². The monoisotopic (exact) mass is 571 g/mol. The molecule has 1 spiro atoms. The van der Waals surface area contributed by atoms with Crippen LogP contribution in [0.25, 0.3) is 0 Å². The van der Waals surface area contributed by atoms with Crippen LogP contribution in [0.15, 0.2) is 94.8 Å². The Hall–Kier alpha value is -4.01. The zero-order chi connectivity index (χ0) is 28.6. The zero-order valence-electron chi connectivity index (χ0n) is 22.8. The summed E-state index contributed by atoms with van der Waals surface area (Å²) < 4.78 is 15.3. The molecule has 1 saturated heterocycles. The lowest BCUT2D eigenvalue weighted by Gasteiger charge is -2.42. The van der Waals surface area contributed by atoms with Gasteiger partial charge in [-0.2, -0.15) is 5.10 Å². The number of nitrogens with one attached hydrogen (secondary N) is 1. The highest BCUT2D eigenvalue weighted by Gasteiger charge is 2.53. The van der Waals surface area contributed by atoms with Gasteiger partial charge >= 0.3 is 0 Å². The number of H-pyrrole nitrogens is 1. The van der Waals surface area contributed by atoms with Crippen molar-refractivity contribution in [3.63, 3.8) is 0 Å². The maximum absolute atomic E-state index is 14.2. The Balaban J connectivity index is 1.34. The Kier molecular flexibility index (Phi) is 7.36. The molecule has 3 aromatic carbocycles. The SMILES string of the molecule is CCn1[nH]c(=O)c(Cl)c1C(c1ccccc1)N1CCC2(CC1)C(=O)N(Cc1ccc(F)cc1)N=C2c1ccccc1. The number of aromatic amines is 1. The molecule has 2 aliphatic heterocycles. The summed E-state index contributed by atoms with van der Waals surface area (Å²) in [6.45, 7) is 4.01. The summed E-state index contributed by atoms with van der Waals surface area (Å²) in [6, 6.07) is 25.8. The van der Waals surface area contributed by atoms with Gasteiger partial charge in [-0.1, -0.05) is 84.4 Å². The van der Waals surface area contributed by atoms with E-state index in [9.17, 15) is 14.0 Å². The van der Waals surface area contributed by atoms with E-state index < -0.39 is 5.41 Å². The fourth-order valence-electron chi connectivity index (χ4n) is 6.19. The second-order valence-corrected chi connectivity index (χ2v) is 11.0. The van der Waals surface area contributed by atoms with Crippen LogP contribution in [-0.2, 0) is 17.9 Å². The minimum Gasteiger partial charge on any atom is -0.291 e. The number of hydrogen-bond acceptors (Lipinski definition) is 4. The summed E-state index contributed by atoms with van der Waals surface area (Å²) >= 11 is 6.61. The molecule has 7 nitrogen and oxygen atoms in total. The predicted octanol–water partition coefficient (Wildman–Crippen LogP) is 5.61. The van der Waals surface area contributed by atoms with E-state index in [-0.39, 0.29) is 34.9 Å². The molecule has 1 unspecified atom stereocenters. The van der Waals surface area contributed by atoms with E-state index in [1.165, 1.54) is 17.1 Å². The number of piperidine rings is 1. The number of carbonyl (C=O) groups is 1. The first-order chi connectivity index (χ1) is 19.9. The van der Waals surface area contributed by atoms with E-state index in [1.54, 1.807) is 12.1 Å². The Morgan fingerprint density at radius 3 is 2.22 bits per heavy atom. The van der Waals surface area contributed by atoms with Gasteiger partial charge in [0.2, 0.25) is 0 Å². The summed E-state index contributed by atoms with van der Waals surface area (Å²) in [5.74, 6) is -0.357. The quantitative estimate of drug-likeness (QED) is 0.313. The van der Waals surface area contributed by atoms with Crippen LogP contribution in [0, 0.1) is 11.2 Å². The molecule has 4 aromatic rings. The maximum atomic E-state index is 14.2. The number of aromatic nitrogens is 2. The van der Waals surface area contributed by atoms with E-state index in [0.29, 0.717) is 32.5 Å². The minimum absolute atomic E-state index is 0.0401. The fourth-order valence-corrected chi connectivity index (χ4v) is 6.43. The highest BCUT2D eigenvalue weighted by atomic mass is 35.5. The first-order valence-corrected chi connectivity index (χ1v) is 14.3. The van der Waals surface area contributed by atoms with Crippen molar-refractivity contribution in [2.24, 2.45) is 10.5 Å². The maximum Gasteiger partial charge on any atom is 0.283 e. The summed E-state index contributed by atoms with van der Waals surface area (Å²) in [5, 5.41) is 9.48. The molecular weight excluding hydrogens is 541 g/mol. The van der Waals surface area contributed by atoms with Gasteiger partial charge in [0.15, 0.2) is 0 Å². The number of aryl methyl sites for hydroxylation is 1. The van der Waals surface area contributed by atoms with Crippen molar-refractivity contribution in [2.75, 3.05) is 13.1 Å². The predicted molar refractivity (Wildman–Crippen MR) is 157 cm³/mol. The zero-order valence-corrected chi connectivity index (χ0v) is 23.5. The number of halogens is 2. The van der Waals surface area contributed by atoms with Crippen molar-refractivity contribution >= 4 is 23.2 Å². The van der Waals surface area contributed by atoms with Crippen molar-refractivity contribution in [2.45, 2.75) is 38.9 Å². The number of likely N-dealkylation sites (tertiary alicyclic amines) is 1. The number of amides is 1. The topological polar surface area (TPSA) is 73.7 Å². The van der Waals surface area contributed by atoms with Gasteiger partial charge in [-0.05, 0) is 48.6 Å². The van der Waals surface area contributed by atoms with Crippen LogP contribution in [0.3, 0.4) is 0 Å². The minimum atomic E-state index is -0.786. The third-order valence-electron chi connectivity index (χ3n) is 8.27. The molecule has 6 rings (SSSR count). The van der Waals surface area contributed by atoms with E-state index in [2.05, 4.69) is 10.00 Å². The van der Waals surface area contributed by atoms with Crippen molar-refractivity contribution in [3.8, 4) is 0 Å². The van der Waals surface area contributed by atoms with Crippen molar-refractivity contribution in [3.05, 3.63) is 129 Å². The first kappa shape index (κ1) is 27.2. The number of hydrazone groups is 1. The number of nitrogens with zero attached hydrogens (tertiary/aromatic N) is 4. The number of carbonyl (C=O) groups excluding carboxylic acids is 1. The molecule has 0 saturated carbocycles. The third kappa shape index (κ3) is 4.91. The average Bonchev–Trinajstić information content (AvgIpc) is 3.44. The van der Waals surface area contributed by atoms with E-state index in [1.807, 2.05) is 72.3 Å². The van der Waals surface area contributed by atoms with Gasteiger partial charge in [0, 0.05) is 19.6 Å². The van der Waals surface area contributed by atoms with Crippen LogP contribution in [0.5, 0.6) is 0 Å². The summed E-state index contributed by atoms with van der Waals surface area (Å²) in [4.78, 5) is 29.0. The van der Waals surface area contributed by atoms with Gasteiger partial charge in [-0.3, -0.25) is 24.3 Å². The van der Waals surface area contributed by atoms with Gasteiger partial charge in [-0.25, -0.2) is 9.40 Å². The highest BCUT2D eigenvalue weighted by Crippen LogP contribution is 2.45. The molecule has 0 aliphatic carbocycles. The standard InChI is InChI=1S/C32H31ClFN5O2/c1-2-38-28(26(33)30(40)36-38)27(23-9-5-3-6-10-23)37-19-17-32(18-20-37)29(24-11-7-4-8-12-24)35-39(31(32)41)21-22-13-15-25(34)16-14-22/h3-16,27H,2,17-21H2,1H3,(H,36,40). The Bertz CT molecular complexity index is 1620. The summed E-state index contributed by atoms with van der Waals surface area (Å²) in [6.07, 6.45) is 1.11. The smallest absolute Gasteiger partial charge is 0.283 e. The highest BCUT2D eigenvalue weighted by molar-refractivity contribution is 6.31. The fraction of sp³-hybridized carbons (Fsp3) is 0.281. The third-order valence-corrected chi connectivity index (χ3v) is 8.63. The van der Waals surface area contributed by atoms with Crippen LogP contribution in [0.2, 0.25) is 5.02 Å². The Morgan fingerprint density at radius 2 is 1.59 bits per heavy atom. The molecule has 3 heterocycles. The molecule has 1 atom stereocenters.